The summed E-state index contributed by atoms with van der Waals surface area (Å²) >= 11 is 0. The second-order valence-corrected chi connectivity index (χ2v) is 12.8. The van der Waals surface area contributed by atoms with Crippen molar-refractivity contribution in [3.8, 4) is 5.75 Å². The van der Waals surface area contributed by atoms with Gasteiger partial charge in [-0.1, -0.05) is 77.3 Å². The molecule has 1 radical (unpaired) electrons. The van der Waals surface area contributed by atoms with E-state index >= 15 is 0 Å². The molecule has 2 rings (SSSR count). The van der Waals surface area contributed by atoms with Gasteiger partial charge in [-0.25, -0.2) is 0 Å². The van der Waals surface area contributed by atoms with E-state index in [1.807, 2.05) is 0 Å². The van der Waals surface area contributed by atoms with Crippen molar-refractivity contribution >= 4 is 9.28 Å². The highest BCUT2D eigenvalue weighted by Gasteiger charge is 2.23. The Morgan fingerprint density at radius 2 is 1.54 bits per heavy atom. The molecule has 0 heterocycles. The number of ether oxygens (including phenoxy) is 1. The second-order valence-electron chi connectivity index (χ2n) is 11.1. The van der Waals surface area contributed by atoms with E-state index in [1.165, 1.54) is 82.6 Å². The van der Waals surface area contributed by atoms with Gasteiger partial charge < -0.3 is 13.6 Å². The Bertz CT molecular complexity index is 659. The van der Waals surface area contributed by atoms with E-state index in [9.17, 15) is 0 Å². The van der Waals surface area contributed by atoms with Crippen LogP contribution in [0.5, 0.6) is 5.75 Å². The number of hydrogen-bond donors (Lipinski definition) is 0. The summed E-state index contributed by atoms with van der Waals surface area (Å²) in [5.74, 6) is 2.49. The molecule has 1 atom stereocenters. The van der Waals surface area contributed by atoms with E-state index in [2.05, 4.69) is 59.7 Å². The summed E-state index contributed by atoms with van der Waals surface area (Å²) in [6.45, 7) is 13.8. The van der Waals surface area contributed by atoms with Crippen molar-refractivity contribution in [1.82, 2.24) is 0 Å². The largest absolute Gasteiger partial charge is 0.493 e. The molecule has 0 aliphatic heterocycles. The zero-order chi connectivity index (χ0) is 25.5. The lowest BCUT2D eigenvalue weighted by atomic mass is 9.81. The predicted molar refractivity (Wildman–Crippen MR) is 152 cm³/mol. The average molecular weight is 504 g/mol. The minimum absolute atomic E-state index is 0.215. The standard InChI is InChI=1S/C31H55O3Si/c1-7-9-10-12-17-27(16-8-2)29-20-21-31(30(24-29)28-18-13-11-14-19-28)32-22-15-23-35(33-25(3)4)34-26(5)6/h20-21,24-28H,7-19,22-23H2,1-6H3. The molecular weight excluding hydrogens is 448 g/mol. The van der Waals surface area contributed by atoms with Gasteiger partial charge in [0.15, 0.2) is 0 Å². The Kier molecular flexibility index (Phi) is 15.3. The smallest absolute Gasteiger partial charge is 0.385 e. The van der Waals surface area contributed by atoms with E-state index in [0.717, 1.165) is 24.8 Å². The summed E-state index contributed by atoms with van der Waals surface area (Å²) in [4.78, 5) is 0. The third-order valence-corrected chi connectivity index (χ3v) is 9.34. The average Bonchev–Trinajstić information content (AvgIpc) is 2.83. The molecule has 0 bridgehead atoms. The van der Waals surface area contributed by atoms with Crippen molar-refractivity contribution in [1.29, 1.82) is 0 Å². The first-order valence-corrected chi connectivity index (χ1v) is 16.4. The van der Waals surface area contributed by atoms with E-state index in [1.54, 1.807) is 5.56 Å². The highest BCUT2D eigenvalue weighted by atomic mass is 28.3. The van der Waals surface area contributed by atoms with Gasteiger partial charge in [0, 0.05) is 12.2 Å². The molecule has 35 heavy (non-hydrogen) atoms. The first-order chi connectivity index (χ1) is 16.9. The van der Waals surface area contributed by atoms with Gasteiger partial charge in [-0.3, -0.25) is 0 Å². The first-order valence-electron chi connectivity index (χ1n) is 14.9. The number of hydrogen-bond acceptors (Lipinski definition) is 3. The monoisotopic (exact) mass is 503 g/mol. The topological polar surface area (TPSA) is 27.7 Å². The third-order valence-electron chi connectivity index (χ3n) is 7.11. The molecule has 0 aromatic heterocycles. The SMILES string of the molecule is CCCCCCC(CCC)c1ccc(OCCC[Si](OC(C)C)OC(C)C)c(C2CCCCC2)c1. The molecule has 0 amide bonds. The molecule has 1 aromatic carbocycles. The highest BCUT2D eigenvalue weighted by molar-refractivity contribution is 6.44. The van der Waals surface area contributed by atoms with Gasteiger partial charge in [0.1, 0.15) is 5.75 Å². The van der Waals surface area contributed by atoms with Crippen LogP contribution in [0.2, 0.25) is 6.04 Å². The molecule has 0 saturated heterocycles. The van der Waals surface area contributed by atoms with Gasteiger partial charge in [-0.05, 0) is 94.9 Å². The maximum Gasteiger partial charge on any atom is 0.385 e. The summed E-state index contributed by atoms with van der Waals surface area (Å²) in [6, 6.07) is 8.19. The molecule has 1 aliphatic rings. The fraction of sp³-hybridized carbons (Fsp3) is 0.806. The number of unbranched alkanes of at least 4 members (excludes halogenated alkanes) is 3. The van der Waals surface area contributed by atoms with Gasteiger partial charge >= 0.3 is 9.28 Å². The Morgan fingerprint density at radius 1 is 0.829 bits per heavy atom. The van der Waals surface area contributed by atoms with Gasteiger partial charge in [-0.2, -0.15) is 0 Å². The van der Waals surface area contributed by atoms with Gasteiger partial charge in [0.05, 0.1) is 6.61 Å². The lowest BCUT2D eigenvalue weighted by Crippen LogP contribution is -2.29. The summed E-state index contributed by atoms with van der Waals surface area (Å²) in [6.07, 6.45) is 17.4. The lowest BCUT2D eigenvalue weighted by molar-refractivity contribution is 0.128. The van der Waals surface area contributed by atoms with Crippen molar-refractivity contribution in [3.63, 3.8) is 0 Å². The van der Waals surface area contributed by atoms with Crippen LogP contribution >= 0.6 is 0 Å². The maximum absolute atomic E-state index is 6.46. The van der Waals surface area contributed by atoms with Crippen LogP contribution in [-0.2, 0) is 8.85 Å². The van der Waals surface area contributed by atoms with Crippen LogP contribution < -0.4 is 4.74 Å². The van der Waals surface area contributed by atoms with Crippen LogP contribution in [0.4, 0.5) is 0 Å². The fourth-order valence-electron chi connectivity index (χ4n) is 5.40. The van der Waals surface area contributed by atoms with Crippen molar-refractivity contribution in [3.05, 3.63) is 29.3 Å². The van der Waals surface area contributed by atoms with Crippen LogP contribution in [0.15, 0.2) is 18.2 Å². The molecule has 4 heteroatoms. The fourth-order valence-corrected chi connectivity index (χ4v) is 7.17. The Labute approximate surface area is 219 Å². The lowest BCUT2D eigenvalue weighted by Gasteiger charge is -2.26. The van der Waals surface area contributed by atoms with Gasteiger partial charge in [0.25, 0.3) is 0 Å². The van der Waals surface area contributed by atoms with Crippen molar-refractivity contribution < 1.29 is 13.6 Å². The highest BCUT2D eigenvalue weighted by Crippen LogP contribution is 2.40. The van der Waals surface area contributed by atoms with Crippen LogP contribution in [0.1, 0.15) is 148 Å². The van der Waals surface area contributed by atoms with Gasteiger partial charge in [-0.15, -0.1) is 0 Å². The Hall–Kier alpha value is -0.843. The molecule has 1 fully saturated rings. The second kappa shape index (κ2) is 17.6. The number of benzene rings is 1. The molecule has 1 aromatic rings. The third kappa shape index (κ3) is 11.8. The van der Waals surface area contributed by atoms with Crippen LogP contribution in [-0.4, -0.2) is 28.1 Å². The van der Waals surface area contributed by atoms with Crippen molar-refractivity contribution in [2.45, 2.75) is 155 Å². The molecular formula is C31H55O3Si. The van der Waals surface area contributed by atoms with E-state index in [0.29, 0.717) is 11.8 Å². The van der Waals surface area contributed by atoms with Crippen molar-refractivity contribution in [2.75, 3.05) is 6.61 Å². The molecule has 1 saturated carbocycles. The van der Waals surface area contributed by atoms with Crippen molar-refractivity contribution in [2.24, 2.45) is 0 Å². The first kappa shape index (κ1) is 30.4. The van der Waals surface area contributed by atoms with Gasteiger partial charge in [0.2, 0.25) is 0 Å². The summed E-state index contributed by atoms with van der Waals surface area (Å²) < 4.78 is 18.6. The Balaban J connectivity index is 2.07. The summed E-state index contributed by atoms with van der Waals surface area (Å²) in [7, 11) is -1.24. The predicted octanol–water partition coefficient (Wildman–Crippen LogP) is 9.70. The maximum atomic E-state index is 6.46. The zero-order valence-corrected chi connectivity index (χ0v) is 24.9. The molecule has 1 aliphatic carbocycles. The van der Waals surface area contributed by atoms with E-state index in [-0.39, 0.29) is 12.2 Å². The summed E-state index contributed by atoms with van der Waals surface area (Å²) in [5, 5.41) is 0. The molecule has 0 spiro atoms. The molecule has 3 nitrogen and oxygen atoms in total. The quantitative estimate of drug-likeness (QED) is 0.147. The molecule has 201 valence electrons. The summed E-state index contributed by atoms with van der Waals surface area (Å²) in [5.41, 5.74) is 3.04. The molecule has 0 N–H and O–H groups in total. The Morgan fingerprint density at radius 3 is 2.17 bits per heavy atom. The minimum Gasteiger partial charge on any atom is -0.493 e. The number of rotatable bonds is 18. The van der Waals surface area contributed by atoms with Crippen LogP contribution in [0.3, 0.4) is 0 Å². The normalized spacial score (nSPS) is 15.9. The van der Waals surface area contributed by atoms with Crippen LogP contribution in [0, 0.1) is 0 Å². The molecule has 1 unspecified atom stereocenters. The zero-order valence-electron chi connectivity index (χ0n) is 23.9. The minimum atomic E-state index is -1.24. The van der Waals surface area contributed by atoms with E-state index in [4.69, 9.17) is 13.6 Å². The van der Waals surface area contributed by atoms with E-state index < -0.39 is 9.28 Å². The van der Waals surface area contributed by atoms with Crippen LogP contribution in [0.25, 0.3) is 0 Å².